The molecule has 4 nitrogen and oxygen atoms in total. The second kappa shape index (κ2) is 5.18. The zero-order chi connectivity index (χ0) is 13.2. The zero-order valence-corrected chi connectivity index (χ0v) is 11.5. The first-order valence-electron chi connectivity index (χ1n) is 5.91. The summed E-state index contributed by atoms with van der Waals surface area (Å²) in [4.78, 5) is 22.3. The number of ketones is 1. The van der Waals surface area contributed by atoms with Gasteiger partial charge in [0.25, 0.3) is 0 Å². The molecular weight excluding hydrogens is 298 g/mol. The van der Waals surface area contributed by atoms with Crippen molar-refractivity contribution in [2.75, 3.05) is 6.54 Å². The first kappa shape index (κ1) is 13.2. The molecule has 0 N–H and O–H groups in total. The fourth-order valence-corrected chi connectivity index (χ4v) is 2.97. The molecule has 1 atom stereocenters. The molecule has 1 aromatic carbocycles. The summed E-state index contributed by atoms with van der Waals surface area (Å²) in [7, 11) is 0. The third-order valence-corrected chi connectivity index (χ3v) is 4.06. The number of rotatable bonds is 3. The minimum Gasteiger partial charge on any atom is -0.300 e. The molecule has 1 saturated carbocycles. The Balaban J connectivity index is 2.37. The molecule has 0 unspecified atom stereocenters. The lowest BCUT2D eigenvalue weighted by atomic mass is 9.69. The van der Waals surface area contributed by atoms with Crippen molar-refractivity contribution in [2.24, 2.45) is 0 Å². The predicted molar refractivity (Wildman–Crippen MR) is 71.2 cm³/mol. The van der Waals surface area contributed by atoms with E-state index in [2.05, 4.69) is 15.9 Å². The molecule has 0 bridgehead atoms. The number of nitrogens with zero attached hydrogens (tertiary/aromatic N) is 1. The minimum absolute atomic E-state index is 0.131. The molecule has 0 saturated heterocycles. The number of halogens is 1. The van der Waals surface area contributed by atoms with Crippen molar-refractivity contribution in [1.29, 1.82) is 0 Å². The number of carbonyl (C=O) groups excluding carboxylic acids is 1. The number of carbonyl (C=O) groups is 1. The smallest absolute Gasteiger partial charge is 0.213 e. The van der Waals surface area contributed by atoms with Crippen LogP contribution in [0.15, 0.2) is 28.7 Å². The third kappa shape index (κ3) is 2.77. The van der Waals surface area contributed by atoms with E-state index in [1.54, 1.807) is 0 Å². The SMILES string of the molecule is O=C1CCC[C@](C[N+](=O)[O-])(c2ccc(Br)cc2)C1. The second-order valence-electron chi connectivity index (χ2n) is 4.85. The van der Waals surface area contributed by atoms with Gasteiger partial charge >= 0.3 is 0 Å². The van der Waals surface area contributed by atoms with Crippen molar-refractivity contribution in [1.82, 2.24) is 0 Å². The predicted octanol–water partition coefficient (Wildman–Crippen LogP) is 3.11. The van der Waals surface area contributed by atoms with E-state index in [0.29, 0.717) is 12.8 Å². The Kier molecular flexibility index (Phi) is 3.80. The van der Waals surface area contributed by atoms with Gasteiger partial charge in [0.2, 0.25) is 6.54 Å². The Morgan fingerprint density at radius 1 is 1.33 bits per heavy atom. The summed E-state index contributed by atoms with van der Waals surface area (Å²) in [5.41, 5.74) is 0.287. The molecule has 2 rings (SSSR count). The van der Waals surface area contributed by atoms with Crippen LogP contribution in [0.4, 0.5) is 0 Å². The lowest BCUT2D eigenvalue weighted by Crippen LogP contribution is -2.39. The quantitative estimate of drug-likeness (QED) is 0.636. The van der Waals surface area contributed by atoms with Gasteiger partial charge in [-0.05, 0) is 30.5 Å². The Morgan fingerprint density at radius 3 is 2.56 bits per heavy atom. The maximum absolute atomic E-state index is 11.7. The molecule has 1 aliphatic carbocycles. The van der Waals surface area contributed by atoms with Gasteiger partial charge < -0.3 is 0 Å². The van der Waals surface area contributed by atoms with Crippen LogP contribution in [0.25, 0.3) is 0 Å². The summed E-state index contributed by atoms with van der Waals surface area (Å²) in [6.45, 7) is -0.166. The van der Waals surface area contributed by atoms with Crippen molar-refractivity contribution < 1.29 is 9.72 Å². The fraction of sp³-hybridized carbons (Fsp3) is 0.462. The van der Waals surface area contributed by atoms with E-state index in [9.17, 15) is 14.9 Å². The second-order valence-corrected chi connectivity index (χ2v) is 5.76. The van der Waals surface area contributed by atoms with E-state index in [0.717, 1.165) is 16.5 Å². The van der Waals surface area contributed by atoms with Gasteiger partial charge in [0.15, 0.2) is 0 Å². The lowest BCUT2D eigenvalue weighted by molar-refractivity contribution is -0.491. The molecular formula is C13H14BrNO3. The summed E-state index contributed by atoms with van der Waals surface area (Å²) in [6, 6.07) is 7.50. The van der Waals surface area contributed by atoms with E-state index < -0.39 is 5.41 Å². The third-order valence-electron chi connectivity index (χ3n) is 3.53. The van der Waals surface area contributed by atoms with Gasteiger partial charge in [-0.1, -0.05) is 28.1 Å². The average Bonchev–Trinajstić information content (AvgIpc) is 2.28. The van der Waals surface area contributed by atoms with Crippen LogP contribution < -0.4 is 0 Å². The monoisotopic (exact) mass is 311 g/mol. The van der Waals surface area contributed by atoms with E-state index in [1.165, 1.54) is 0 Å². The molecule has 0 heterocycles. The highest BCUT2D eigenvalue weighted by molar-refractivity contribution is 9.10. The van der Waals surface area contributed by atoms with E-state index in [1.807, 2.05) is 24.3 Å². The molecule has 96 valence electrons. The van der Waals surface area contributed by atoms with Crippen LogP contribution in [-0.2, 0) is 10.2 Å². The number of benzene rings is 1. The van der Waals surface area contributed by atoms with Gasteiger partial charge in [0, 0.05) is 22.2 Å². The summed E-state index contributed by atoms with van der Waals surface area (Å²) in [5, 5.41) is 10.9. The molecule has 1 aromatic rings. The van der Waals surface area contributed by atoms with Crippen LogP contribution in [0.1, 0.15) is 31.2 Å². The molecule has 0 aromatic heterocycles. The van der Waals surface area contributed by atoms with Gasteiger partial charge in [-0.2, -0.15) is 0 Å². The fourth-order valence-electron chi connectivity index (χ4n) is 2.70. The van der Waals surface area contributed by atoms with Crippen LogP contribution in [0.3, 0.4) is 0 Å². The summed E-state index contributed by atoms with van der Waals surface area (Å²) < 4.78 is 0.935. The first-order chi connectivity index (χ1) is 8.52. The number of hydrogen-bond donors (Lipinski definition) is 0. The highest BCUT2D eigenvalue weighted by Crippen LogP contribution is 2.38. The average molecular weight is 312 g/mol. The Hall–Kier alpha value is -1.23. The number of nitro groups is 1. The maximum atomic E-state index is 11.7. The molecule has 1 fully saturated rings. The lowest BCUT2D eigenvalue weighted by Gasteiger charge is -2.33. The zero-order valence-electron chi connectivity index (χ0n) is 9.89. The Labute approximate surface area is 114 Å². The highest BCUT2D eigenvalue weighted by Gasteiger charge is 2.41. The van der Waals surface area contributed by atoms with Crippen LogP contribution >= 0.6 is 15.9 Å². The van der Waals surface area contributed by atoms with Crippen molar-refractivity contribution in [3.63, 3.8) is 0 Å². The highest BCUT2D eigenvalue weighted by atomic mass is 79.9. The maximum Gasteiger partial charge on any atom is 0.213 e. The normalized spacial score (nSPS) is 23.9. The largest absolute Gasteiger partial charge is 0.300 e. The van der Waals surface area contributed by atoms with Crippen LogP contribution in [0.5, 0.6) is 0 Å². The summed E-state index contributed by atoms with van der Waals surface area (Å²) in [5.74, 6) is 0.131. The minimum atomic E-state index is -0.612. The molecule has 0 spiro atoms. The molecule has 1 aliphatic rings. The van der Waals surface area contributed by atoms with Crippen molar-refractivity contribution >= 4 is 21.7 Å². The number of Topliss-reactive ketones (excluding diaryl/α,β-unsaturated/α-hetero) is 1. The molecule has 18 heavy (non-hydrogen) atoms. The van der Waals surface area contributed by atoms with E-state index >= 15 is 0 Å². The summed E-state index contributed by atoms with van der Waals surface area (Å²) in [6.07, 6.45) is 2.29. The van der Waals surface area contributed by atoms with Crippen molar-refractivity contribution in [2.45, 2.75) is 31.1 Å². The Morgan fingerprint density at radius 2 is 2.00 bits per heavy atom. The van der Waals surface area contributed by atoms with Crippen LogP contribution in [0, 0.1) is 10.1 Å². The van der Waals surface area contributed by atoms with E-state index in [-0.39, 0.29) is 23.7 Å². The van der Waals surface area contributed by atoms with Gasteiger partial charge in [0.05, 0.1) is 5.41 Å². The molecule has 0 aliphatic heterocycles. The van der Waals surface area contributed by atoms with Gasteiger partial charge in [0.1, 0.15) is 5.78 Å². The summed E-state index contributed by atoms with van der Waals surface area (Å²) >= 11 is 3.35. The Bertz CT molecular complexity index is 468. The van der Waals surface area contributed by atoms with Gasteiger partial charge in [-0.25, -0.2) is 0 Å². The topological polar surface area (TPSA) is 60.2 Å². The first-order valence-corrected chi connectivity index (χ1v) is 6.71. The van der Waals surface area contributed by atoms with Gasteiger partial charge in [-0.15, -0.1) is 0 Å². The van der Waals surface area contributed by atoms with Crippen molar-refractivity contribution in [3.8, 4) is 0 Å². The van der Waals surface area contributed by atoms with Crippen LogP contribution in [0.2, 0.25) is 0 Å². The molecule has 5 heteroatoms. The standard InChI is InChI=1S/C13H14BrNO3/c14-11-5-3-10(4-6-11)13(9-15(17)18)7-1-2-12(16)8-13/h3-6H,1-2,7-9H2/t13-/m0/s1. The number of hydrogen-bond acceptors (Lipinski definition) is 3. The molecule has 0 amide bonds. The van der Waals surface area contributed by atoms with E-state index in [4.69, 9.17) is 0 Å². The van der Waals surface area contributed by atoms with Gasteiger partial charge in [-0.3, -0.25) is 14.9 Å². The van der Waals surface area contributed by atoms with Crippen LogP contribution in [-0.4, -0.2) is 17.3 Å². The van der Waals surface area contributed by atoms with Crippen molar-refractivity contribution in [3.05, 3.63) is 44.4 Å². The molecule has 0 radical (unpaired) electrons.